The van der Waals surface area contributed by atoms with Gasteiger partial charge in [-0.3, -0.25) is 0 Å². The van der Waals surface area contributed by atoms with Gasteiger partial charge in [0.05, 0.1) is 29.8 Å². The normalized spacial score (nSPS) is 45.1. The second kappa shape index (κ2) is 14.9. The molecule has 6 aliphatic rings. The first-order valence-corrected chi connectivity index (χ1v) is 21.4. The maximum absolute atomic E-state index is 13.9. The van der Waals surface area contributed by atoms with Crippen LogP contribution in [0.3, 0.4) is 0 Å². The van der Waals surface area contributed by atoms with Crippen LogP contribution >= 0.6 is 0 Å². The quantitative estimate of drug-likeness (QED) is 0.0867. The molecule has 7 rings (SSSR count). The average Bonchev–Trinajstić information content (AvgIpc) is 3.65. The number of aliphatic hydroxyl groups is 6. The number of benzene rings is 1. The lowest BCUT2D eigenvalue weighted by Gasteiger charge is -2.72. The summed E-state index contributed by atoms with van der Waals surface area (Å²) in [5.41, 5.74) is -5.61. The van der Waals surface area contributed by atoms with Crippen LogP contribution in [0.25, 0.3) is 0 Å². The number of hydrogen-bond acceptors (Lipinski definition) is 10. The van der Waals surface area contributed by atoms with Gasteiger partial charge in [-0.2, -0.15) is 0 Å². The molecular weight excluding hydrogens is 698 g/mol. The van der Waals surface area contributed by atoms with E-state index in [9.17, 15) is 40.2 Å². The van der Waals surface area contributed by atoms with E-state index < -0.39 is 63.8 Å². The van der Waals surface area contributed by atoms with Crippen LogP contribution in [-0.4, -0.2) is 91.1 Å². The number of likely N-dealkylation sites (N-methyl/N-ethyl adjacent to an activating group) is 1. The van der Waals surface area contributed by atoms with Crippen molar-refractivity contribution >= 4 is 12.3 Å². The molecule has 15 unspecified atom stereocenters. The molecule has 0 saturated heterocycles. The molecule has 5 saturated carbocycles. The van der Waals surface area contributed by atoms with Crippen molar-refractivity contribution in [1.82, 2.24) is 5.32 Å². The van der Waals surface area contributed by atoms with E-state index >= 15 is 0 Å². The van der Waals surface area contributed by atoms with E-state index in [1.54, 1.807) is 6.08 Å². The molecule has 0 aromatic heterocycles. The second-order valence-electron chi connectivity index (χ2n) is 19.4. The first-order valence-electron chi connectivity index (χ1n) is 21.4. The van der Waals surface area contributed by atoms with Crippen LogP contribution in [0.5, 0.6) is 0 Å². The zero-order valence-electron chi connectivity index (χ0n) is 33.6. The van der Waals surface area contributed by atoms with Crippen LogP contribution in [0, 0.1) is 52.3 Å². The van der Waals surface area contributed by atoms with Gasteiger partial charge in [0.15, 0.2) is 0 Å². The minimum Gasteiger partial charge on any atom is -0.454 e. The fourth-order valence-corrected chi connectivity index (χ4v) is 13.9. The minimum atomic E-state index is -2.15. The topological polar surface area (TPSA) is 177 Å². The van der Waals surface area contributed by atoms with Gasteiger partial charge < -0.3 is 45.5 Å². The van der Waals surface area contributed by atoms with E-state index in [1.165, 1.54) is 0 Å². The molecule has 0 amide bonds. The first-order chi connectivity index (χ1) is 26.1. The molecule has 1 aliphatic heterocycles. The minimum absolute atomic E-state index is 0.0591. The summed E-state index contributed by atoms with van der Waals surface area (Å²) in [4.78, 5) is 27.2. The Balaban J connectivity index is 1.31. The maximum atomic E-state index is 13.9. The molecule has 1 heterocycles. The van der Waals surface area contributed by atoms with Crippen LogP contribution in [0.2, 0.25) is 0 Å². The highest BCUT2D eigenvalue weighted by molar-refractivity contribution is 5.86. The van der Waals surface area contributed by atoms with Crippen molar-refractivity contribution < 1.29 is 45.0 Å². The third kappa shape index (κ3) is 5.89. The van der Waals surface area contributed by atoms with Crippen LogP contribution in [0.4, 0.5) is 0 Å². The fourth-order valence-electron chi connectivity index (χ4n) is 13.9. The molecule has 0 bridgehead atoms. The van der Waals surface area contributed by atoms with Crippen molar-refractivity contribution in [2.24, 2.45) is 52.3 Å². The number of carbonyl (C=O) groups excluding carboxylic acids is 2. The lowest BCUT2D eigenvalue weighted by molar-refractivity contribution is -0.367. The van der Waals surface area contributed by atoms with Gasteiger partial charge in [-0.1, -0.05) is 77.6 Å². The van der Waals surface area contributed by atoms with Crippen molar-refractivity contribution in [3.05, 3.63) is 47.0 Å². The Bertz CT molecular complexity index is 1630. The lowest BCUT2D eigenvalue weighted by Crippen LogP contribution is -2.84. The summed E-state index contributed by atoms with van der Waals surface area (Å²) in [6, 6.07) is 7.63. The highest BCUT2D eigenvalue weighted by atomic mass is 16.5. The molecule has 10 heteroatoms. The highest BCUT2D eigenvalue weighted by Gasteiger charge is 2.83. The summed E-state index contributed by atoms with van der Waals surface area (Å²) in [6.45, 7) is 8.13. The molecule has 306 valence electrons. The van der Waals surface area contributed by atoms with Gasteiger partial charge >= 0.3 is 5.97 Å². The fraction of sp³-hybridized carbons (Fsp3) is 0.778. The Morgan fingerprint density at radius 3 is 2.42 bits per heavy atom. The number of ether oxygens (including phenoxy) is 1. The van der Waals surface area contributed by atoms with E-state index in [0.717, 1.165) is 42.2 Å². The van der Waals surface area contributed by atoms with Crippen molar-refractivity contribution in [2.75, 3.05) is 7.05 Å². The summed E-state index contributed by atoms with van der Waals surface area (Å²) >= 11 is 0. The van der Waals surface area contributed by atoms with E-state index in [1.807, 2.05) is 38.2 Å². The summed E-state index contributed by atoms with van der Waals surface area (Å²) < 4.78 is 6.11. The molecule has 0 radical (unpaired) electrons. The van der Waals surface area contributed by atoms with E-state index in [0.29, 0.717) is 44.9 Å². The number of hydrogen-bond donors (Lipinski definition) is 7. The second-order valence-corrected chi connectivity index (χ2v) is 19.4. The van der Waals surface area contributed by atoms with Crippen LogP contribution < -0.4 is 5.32 Å². The Labute approximate surface area is 327 Å². The molecular formula is C45H67NO9. The number of carbonyl (C=O) groups is 2. The molecule has 10 nitrogen and oxygen atoms in total. The summed E-state index contributed by atoms with van der Waals surface area (Å²) in [5, 5.41) is 78.2. The molecule has 5 aliphatic carbocycles. The summed E-state index contributed by atoms with van der Waals surface area (Å²) in [7, 11) is 1.89. The highest BCUT2D eigenvalue weighted by Crippen LogP contribution is 2.75. The van der Waals surface area contributed by atoms with Crippen LogP contribution in [0.1, 0.15) is 116 Å². The van der Waals surface area contributed by atoms with Gasteiger partial charge in [0, 0.05) is 41.7 Å². The molecule has 55 heavy (non-hydrogen) atoms. The van der Waals surface area contributed by atoms with E-state index in [-0.39, 0.29) is 61.5 Å². The van der Waals surface area contributed by atoms with Crippen LogP contribution in [0.15, 0.2) is 35.9 Å². The van der Waals surface area contributed by atoms with Gasteiger partial charge in [-0.15, -0.1) is 0 Å². The standard InChI is InChI=1S/C45H67NO9/c1-6-7-8-12-28-21-42(25-48)36-16-17-41(4)38-30(22-44(41,53)45(36,54)40(51)33(15-14-26(2)3)43(42,52)23-35(28)49)18-31(39-32(38)20-37(50)55-39)34(46-5)19-27-11-9-10-13-29(27)24-47/h9-11,13,20,25-26,28,30-31,33-36,38-40,46-47,49,51-54H,6-8,12,14-19,21-24H2,1-5H3. The maximum Gasteiger partial charge on any atom is 0.331 e. The third-order valence-corrected chi connectivity index (χ3v) is 16.6. The Kier molecular flexibility index (Phi) is 11.1. The van der Waals surface area contributed by atoms with Gasteiger partial charge in [0.2, 0.25) is 0 Å². The summed E-state index contributed by atoms with van der Waals surface area (Å²) in [6.07, 6.45) is 6.14. The number of unbranched alkanes of at least 4 members (excludes halogenated alkanes) is 2. The molecule has 5 fully saturated rings. The van der Waals surface area contributed by atoms with Crippen molar-refractivity contribution in [3.63, 3.8) is 0 Å². The zero-order valence-corrected chi connectivity index (χ0v) is 33.6. The predicted molar refractivity (Wildman–Crippen MR) is 207 cm³/mol. The predicted octanol–water partition coefficient (Wildman–Crippen LogP) is 4.39. The smallest absolute Gasteiger partial charge is 0.331 e. The van der Waals surface area contributed by atoms with Gasteiger partial charge in [0.1, 0.15) is 23.6 Å². The van der Waals surface area contributed by atoms with E-state index in [2.05, 4.69) is 26.1 Å². The number of fused-ring (bicyclic) bond motifs is 9. The Morgan fingerprint density at radius 2 is 1.76 bits per heavy atom. The molecule has 0 spiro atoms. The number of nitrogens with one attached hydrogen (secondary N) is 1. The molecule has 1 aromatic carbocycles. The van der Waals surface area contributed by atoms with E-state index in [4.69, 9.17) is 4.74 Å². The lowest BCUT2D eigenvalue weighted by atomic mass is 9.36. The number of aliphatic hydroxyl groups excluding tert-OH is 3. The monoisotopic (exact) mass is 765 g/mol. The van der Waals surface area contributed by atoms with Crippen molar-refractivity contribution in [3.8, 4) is 0 Å². The van der Waals surface area contributed by atoms with Gasteiger partial charge in [-0.25, -0.2) is 4.79 Å². The molecule has 7 N–H and O–H groups in total. The average molecular weight is 766 g/mol. The molecule has 1 aromatic rings. The Hall–Kier alpha value is -2.18. The number of aldehydes is 1. The molecule has 15 atom stereocenters. The van der Waals surface area contributed by atoms with Gasteiger partial charge in [0.25, 0.3) is 0 Å². The number of esters is 1. The summed E-state index contributed by atoms with van der Waals surface area (Å²) in [5.74, 6) is -3.04. The Morgan fingerprint density at radius 1 is 1.04 bits per heavy atom. The SMILES string of the molecule is CCCCCC1CC2(C=O)C3CCC4(C)C5C6=CC(=O)OC6C(C(Cc6ccccc6CO)NC)CC5CC4(O)C3(O)C(O)C(CCC(C)C)C2(O)CC1O. The van der Waals surface area contributed by atoms with Crippen molar-refractivity contribution in [1.29, 1.82) is 0 Å². The third-order valence-electron chi connectivity index (χ3n) is 16.6. The van der Waals surface area contributed by atoms with Crippen LogP contribution in [-0.2, 0) is 27.4 Å². The number of rotatable bonds is 13. The zero-order chi connectivity index (χ0) is 39.7. The largest absolute Gasteiger partial charge is 0.454 e. The van der Waals surface area contributed by atoms with Crippen molar-refractivity contribution in [2.45, 2.75) is 159 Å². The first kappa shape index (κ1) is 41.0. The van der Waals surface area contributed by atoms with Gasteiger partial charge in [-0.05, 0) is 98.8 Å².